The second-order valence-corrected chi connectivity index (χ2v) is 5.87. The summed E-state index contributed by atoms with van der Waals surface area (Å²) in [6.07, 6.45) is 7.11. The average molecular weight is 306 g/mol. The summed E-state index contributed by atoms with van der Waals surface area (Å²) in [6, 6.07) is 1.82. The molecule has 1 heterocycles. The van der Waals surface area contributed by atoms with Gasteiger partial charge in [-0.2, -0.15) is 9.38 Å². The predicted molar refractivity (Wildman–Crippen MR) is 82.0 cm³/mol. The number of hydrogen-bond donors (Lipinski definition) is 0. The van der Waals surface area contributed by atoms with Crippen LogP contribution in [0.2, 0.25) is 0 Å². The van der Waals surface area contributed by atoms with Gasteiger partial charge in [-0.15, -0.1) is 0 Å². The lowest BCUT2D eigenvalue weighted by Crippen LogP contribution is -2.28. The van der Waals surface area contributed by atoms with Crippen molar-refractivity contribution in [2.24, 2.45) is 10.9 Å². The van der Waals surface area contributed by atoms with Gasteiger partial charge in [0, 0.05) is 18.4 Å². The van der Waals surface area contributed by atoms with Gasteiger partial charge in [0.2, 0.25) is 12.0 Å². The largest absolute Gasteiger partial charge is 0.379 e. The number of carbonyl (C=O) groups excluding carboxylic acids is 1. The van der Waals surface area contributed by atoms with Gasteiger partial charge < -0.3 is 4.74 Å². The first-order valence-electron chi connectivity index (χ1n) is 7.93. The fourth-order valence-electron chi connectivity index (χ4n) is 3.37. The second-order valence-electron chi connectivity index (χ2n) is 5.87. The molecular formula is C17H23FN2O2. The van der Waals surface area contributed by atoms with E-state index in [1.54, 1.807) is 19.2 Å². The lowest BCUT2D eigenvalue weighted by Gasteiger charge is -2.32. The highest BCUT2D eigenvalue weighted by Crippen LogP contribution is 2.39. The van der Waals surface area contributed by atoms with Gasteiger partial charge in [-0.25, -0.2) is 9.78 Å². The number of pyridine rings is 1. The van der Waals surface area contributed by atoms with E-state index in [4.69, 9.17) is 4.74 Å². The zero-order valence-electron chi connectivity index (χ0n) is 13.2. The lowest BCUT2D eigenvalue weighted by molar-refractivity contribution is 0.106. The van der Waals surface area contributed by atoms with Crippen LogP contribution in [0.3, 0.4) is 0 Å². The third kappa shape index (κ3) is 3.99. The van der Waals surface area contributed by atoms with Crippen LogP contribution in [0.15, 0.2) is 17.3 Å². The number of hydrogen-bond acceptors (Lipinski definition) is 4. The highest BCUT2D eigenvalue weighted by Gasteiger charge is 2.29. The molecule has 22 heavy (non-hydrogen) atoms. The van der Waals surface area contributed by atoms with E-state index < -0.39 is 0 Å². The number of ether oxygens (including phenoxy) is 1. The van der Waals surface area contributed by atoms with Gasteiger partial charge in [0.1, 0.15) is 0 Å². The molecule has 1 saturated carbocycles. The van der Waals surface area contributed by atoms with Crippen LogP contribution in [0, 0.1) is 18.8 Å². The first-order chi connectivity index (χ1) is 10.7. The maximum atomic E-state index is 13.6. The quantitative estimate of drug-likeness (QED) is 0.459. The normalized spacial score (nSPS) is 22.9. The Morgan fingerprint density at radius 2 is 2.18 bits per heavy atom. The molecule has 1 fully saturated rings. The number of aromatic nitrogens is 1. The number of halogens is 1. The van der Waals surface area contributed by atoms with Gasteiger partial charge in [0.15, 0.2) is 0 Å². The summed E-state index contributed by atoms with van der Waals surface area (Å²) in [5, 5.41) is 0. The molecular weight excluding hydrogens is 283 g/mol. The van der Waals surface area contributed by atoms with Crippen LogP contribution in [0.1, 0.15) is 49.7 Å². The van der Waals surface area contributed by atoms with Crippen LogP contribution in [-0.2, 0) is 9.53 Å². The lowest BCUT2D eigenvalue weighted by atomic mass is 9.75. The minimum atomic E-state index is -0.376. The molecule has 0 N–H and O–H groups in total. The zero-order chi connectivity index (χ0) is 15.9. The summed E-state index contributed by atoms with van der Waals surface area (Å²) in [5.41, 5.74) is 1.72. The molecule has 1 unspecified atom stereocenters. The Hall–Kier alpha value is -1.58. The molecule has 0 bridgehead atoms. The molecule has 4 nitrogen and oxygen atoms in total. The number of nitrogens with zero attached hydrogens (tertiary/aromatic N) is 2. The molecule has 0 radical (unpaired) electrons. The van der Waals surface area contributed by atoms with Crippen LogP contribution in [0.5, 0.6) is 0 Å². The Morgan fingerprint density at radius 3 is 2.82 bits per heavy atom. The van der Waals surface area contributed by atoms with Gasteiger partial charge in [-0.05, 0) is 63.0 Å². The highest BCUT2D eigenvalue weighted by atomic mass is 19.1. The van der Waals surface area contributed by atoms with Crippen molar-refractivity contribution in [3.8, 4) is 0 Å². The molecule has 1 aromatic rings. The summed E-state index contributed by atoms with van der Waals surface area (Å²) in [7, 11) is 0. The molecule has 0 spiro atoms. The summed E-state index contributed by atoms with van der Waals surface area (Å²) in [5.74, 6) is 0.331. The fourth-order valence-corrected chi connectivity index (χ4v) is 3.37. The van der Waals surface area contributed by atoms with Crippen molar-refractivity contribution in [3.05, 3.63) is 29.3 Å². The summed E-state index contributed by atoms with van der Waals surface area (Å²) in [6.45, 7) is 4.82. The maximum absolute atomic E-state index is 13.6. The third-order valence-corrected chi connectivity index (χ3v) is 4.65. The predicted octanol–water partition coefficient (Wildman–Crippen LogP) is 3.54. The minimum absolute atomic E-state index is 0.103. The van der Waals surface area contributed by atoms with E-state index in [-0.39, 0.29) is 12.0 Å². The molecule has 1 aliphatic rings. The molecule has 1 aromatic heterocycles. The van der Waals surface area contributed by atoms with E-state index in [1.165, 1.54) is 0 Å². The van der Waals surface area contributed by atoms with E-state index in [0.717, 1.165) is 31.2 Å². The van der Waals surface area contributed by atoms with Crippen LogP contribution in [0.25, 0.3) is 0 Å². The zero-order valence-corrected chi connectivity index (χ0v) is 13.2. The van der Waals surface area contributed by atoms with Gasteiger partial charge in [-0.3, -0.25) is 0 Å². The first-order valence-corrected chi connectivity index (χ1v) is 7.93. The van der Waals surface area contributed by atoms with Gasteiger partial charge in [0.25, 0.3) is 0 Å². The first kappa shape index (κ1) is 16.8. The highest BCUT2D eigenvalue weighted by molar-refractivity contribution is 5.33. The van der Waals surface area contributed by atoms with Crippen molar-refractivity contribution in [1.82, 2.24) is 4.98 Å². The van der Waals surface area contributed by atoms with Crippen molar-refractivity contribution in [1.29, 1.82) is 0 Å². The Bertz CT molecular complexity index is 535. The monoisotopic (exact) mass is 306 g/mol. The molecule has 1 atom stereocenters. The third-order valence-electron chi connectivity index (χ3n) is 4.65. The van der Waals surface area contributed by atoms with Crippen LogP contribution >= 0.6 is 0 Å². The molecule has 0 aliphatic heterocycles. The summed E-state index contributed by atoms with van der Waals surface area (Å²) < 4.78 is 19.0. The van der Waals surface area contributed by atoms with Crippen molar-refractivity contribution in [2.75, 3.05) is 13.2 Å². The van der Waals surface area contributed by atoms with E-state index in [1.807, 2.05) is 13.0 Å². The van der Waals surface area contributed by atoms with Crippen molar-refractivity contribution in [3.63, 3.8) is 0 Å². The molecule has 5 heteroatoms. The fraction of sp³-hybridized carbons (Fsp3) is 0.647. The SMILES string of the molecule is CCOCC(N=C=O)C1CCC(c2ccnc(F)c2C)CC1. The molecule has 0 saturated heterocycles. The van der Waals surface area contributed by atoms with Crippen molar-refractivity contribution < 1.29 is 13.9 Å². The topological polar surface area (TPSA) is 51.5 Å². The van der Waals surface area contributed by atoms with Crippen LogP contribution in [0.4, 0.5) is 4.39 Å². The number of isocyanates is 1. The van der Waals surface area contributed by atoms with Gasteiger partial charge in [-0.1, -0.05) is 0 Å². The second kappa shape index (κ2) is 8.16. The number of rotatable bonds is 6. The van der Waals surface area contributed by atoms with Gasteiger partial charge in [0.05, 0.1) is 12.6 Å². The molecule has 120 valence electrons. The minimum Gasteiger partial charge on any atom is -0.379 e. The Labute approximate surface area is 130 Å². The summed E-state index contributed by atoms with van der Waals surface area (Å²) >= 11 is 0. The average Bonchev–Trinajstić information content (AvgIpc) is 2.54. The van der Waals surface area contributed by atoms with Crippen molar-refractivity contribution >= 4 is 6.08 Å². The molecule has 0 amide bonds. The maximum Gasteiger partial charge on any atom is 0.235 e. The standard InChI is InChI=1S/C17H23FN2O2/c1-3-22-10-16(20-11-21)14-6-4-13(5-7-14)15-8-9-19-17(18)12(15)2/h8-9,13-14,16H,3-7,10H2,1-2H3. The van der Waals surface area contributed by atoms with Crippen LogP contribution < -0.4 is 0 Å². The number of aliphatic imine (C=N–C) groups is 1. The molecule has 1 aliphatic carbocycles. The Balaban J connectivity index is 1.99. The van der Waals surface area contributed by atoms with E-state index >= 15 is 0 Å². The summed E-state index contributed by atoms with van der Waals surface area (Å²) in [4.78, 5) is 18.2. The Kier molecular flexibility index (Phi) is 6.22. The van der Waals surface area contributed by atoms with Crippen LogP contribution in [-0.4, -0.2) is 30.3 Å². The molecule has 2 rings (SSSR count). The van der Waals surface area contributed by atoms with E-state index in [2.05, 4.69) is 9.98 Å². The molecule has 0 aromatic carbocycles. The Morgan fingerprint density at radius 1 is 1.45 bits per heavy atom. The van der Waals surface area contributed by atoms with E-state index in [0.29, 0.717) is 30.6 Å². The smallest absolute Gasteiger partial charge is 0.235 e. The van der Waals surface area contributed by atoms with E-state index in [9.17, 15) is 9.18 Å². The van der Waals surface area contributed by atoms with Gasteiger partial charge >= 0.3 is 0 Å². The van der Waals surface area contributed by atoms with Crippen molar-refractivity contribution in [2.45, 2.75) is 51.5 Å².